The van der Waals surface area contributed by atoms with E-state index in [2.05, 4.69) is 5.32 Å². The molecule has 0 aromatic carbocycles. The molecule has 2 nitrogen and oxygen atoms in total. The Labute approximate surface area is 60.8 Å². The second-order valence-corrected chi connectivity index (χ2v) is 3.47. The molecule has 0 rings (SSSR count). The molecule has 0 saturated heterocycles. The summed E-state index contributed by atoms with van der Waals surface area (Å²) in [5.74, 6) is -0.532. The van der Waals surface area contributed by atoms with E-state index in [-0.39, 0.29) is 5.41 Å². The second kappa shape index (κ2) is 3.54. The zero-order valence-electron chi connectivity index (χ0n) is 6.70. The van der Waals surface area contributed by atoms with Crippen LogP contribution in [0.15, 0.2) is 0 Å². The maximum Gasteiger partial charge on any atom is 0.251 e. The van der Waals surface area contributed by atoms with Gasteiger partial charge in [-0.3, -0.25) is 4.79 Å². The molecule has 0 atom stereocenters. The Balaban J connectivity index is 3.46. The molecule has 1 N–H and O–H groups in total. The molecular formula is C7H14FNO. The average molecular weight is 147 g/mol. The molecule has 0 aromatic rings. The first-order valence-electron chi connectivity index (χ1n) is 3.28. The molecule has 0 radical (unpaired) electrons. The van der Waals surface area contributed by atoms with E-state index in [4.69, 9.17) is 0 Å². The van der Waals surface area contributed by atoms with E-state index in [9.17, 15) is 9.18 Å². The van der Waals surface area contributed by atoms with E-state index >= 15 is 0 Å². The van der Waals surface area contributed by atoms with Gasteiger partial charge in [0, 0.05) is 6.54 Å². The van der Waals surface area contributed by atoms with Crippen LogP contribution in [0.25, 0.3) is 0 Å². The zero-order chi connectivity index (χ0) is 8.20. The molecular weight excluding hydrogens is 133 g/mol. The smallest absolute Gasteiger partial charge is 0.251 e. The van der Waals surface area contributed by atoms with Gasteiger partial charge in [0.05, 0.1) is 0 Å². The quantitative estimate of drug-likeness (QED) is 0.623. The van der Waals surface area contributed by atoms with Crippen molar-refractivity contribution < 1.29 is 9.18 Å². The maximum atomic E-state index is 11.5. The first-order chi connectivity index (χ1) is 4.45. The number of nitrogens with one attached hydrogen (secondary N) is 1. The fraction of sp³-hybridized carbons (Fsp3) is 0.857. The molecule has 10 heavy (non-hydrogen) atoms. The first-order valence-corrected chi connectivity index (χ1v) is 3.28. The van der Waals surface area contributed by atoms with Crippen LogP contribution in [-0.4, -0.2) is 19.1 Å². The van der Waals surface area contributed by atoms with Crippen molar-refractivity contribution in [1.29, 1.82) is 0 Å². The topological polar surface area (TPSA) is 29.1 Å². The minimum absolute atomic E-state index is 0.0326. The van der Waals surface area contributed by atoms with Crippen LogP contribution >= 0.6 is 0 Å². The Morgan fingerprint density at radius 3 is 2.30 bits per heavy atom. The lowest BCUT2D eigenvalue weighted by Crippen LogP contribution is -2.33. The number of carbonyl (C=O) groups is 1. The zero-order valence-corrected chi connectivity index (χ0v) is 6.70. The van der Waals surface area contributed by atoms with Crippen LogP contribution in [0.4, 0.5) is 4.39 Å². The van der Waals surface area contributed by atoms with Gasteiger partial charge in [-0.25, -0.2) is 4.39 Å². The van der Waals surface area contributed by atoms with Gasteiger partial charge in [0.2, 0.25) is 0 Å². The van der Waals surface area contributed by atoms with E-state index in [0.29, 0.717) is 6.54 Å². The third kappa shape index (κ3) is 5.54. The standard InChI is InChI=1S/C7H14FNO/c1-7(2,3)5-9-6(10)4-8/h4-5H2,1-3H3,(H,9,10). The van der Waals surface area contributed by atoms with Crippen LogP contribution in [-0.2, 0) is 4.79 Å². The summed E-state index contributed by atoms with van der Waals surface area (Å²) in [4.78, 5) is 10.4. The molecule has 60 valence electrons. The monoisotopic (exact) mass is 147 g/mol. The van der Waals surface area contributed by atoms with Gasteiger partial charge in [0.25, 0.3) is 5.91 Å². The van der Waals surface area contributed by atoms with Crippen LogP contribution in [0.2, 0.25) is 0 Å². The molecule has 1 amide bonds. The van der Waals surface area contributed by atoms with Crippen molar-refractivity contribution in [1.82, 2.24) is 5.32 Å². The molecule has 0 unspecified atom stereocenters. The Morgan fingerprint density at radius 1 is 1.50 bits per heavy atom. The van der Waals surface area contributed by atoms with E-state index < -0.39 is 12.6 Å². The fourth-order valence-electron chi connectivity index (χ4n) is 0.411. The summed E-state index contributed by atoms with van der Waals surface area (Å²) in [6.07, 6.45) is 0. The van der Waals surface area contributed by atoms with E-state index in [1.54, 1.807) is 0 Å². The molecule has 0 fully saturated rings. The largest absolute Gasteiger partial charge is 0.353 e. The lowest BCUT2D eigenvalue weighted by Gasteiger charge is -2.17. The summed E-state index contributed by atoms with van der Waals surface area (Å²) >= 11 is 0. The van der Waals surface area contributed by atoms with Gasteiger partial charge >= 0.3 is 0 Å². The Bertz CT molecular complexity index is 117. The number of rotatable bonds is 2. The molecule has 0 aliphatic carbocycles. The molecule has 0 saturated carbocycles. The van der Waals surface area contributed by atoms with E-state index in [0.717, 1.165) is 0 Å². The summed E-state index contributed by atoms with van der Waals surface area (Å²) in [7, 11) is 0. The SMILES string of the molecule is CC(C)(C)CNC(=O)CF. The molecule has 0 aliphatic heterocycles. The number of carbonyl (C=O) groups excluding carboxylic acids is 1. The molecule has 0 aromatic heterocycles. The third-order valence-corrected chi connectivity index (χ3v) is 0.937. The van der Waals surface area contributed by atoms with E-state index in [1.807, 2.05) is 20.8 Å². The number of alkyl halides is 1. The first kappa shape index (κ1) is 9.40. The summed E-state index contributed by atoms with van der Waals surface area (Å²) in [6, 6.07) is 0. The van der Waals surface area contributed by atoms with Gasteiger partial charge in [-0.15, -0.1) is 0 Å². The molecule has 0 heterocycles. The van der Waals surface area contributed by atoms with Crippen LogP contribution in [0.1, 0.15) is 20.8 Å². The molecule has 3 heteroatoms. The van der Waals surface area contributed by atoms with Gasteiger partial charge in [-0.2, -0.15) is 0 Å². The summed E-state index contributed by atoms with van der Waals surface area (Å²) in [5, 5.41) is 2.46. The minimum atomic E-state index is -0.921. The third-order valence-electron chi connectivity index (χ3n) is 0.937. The normalized spacial score (nSPS) is 11.2. The van der Waals surface area contributed by atoms with Crippen LogP contribution < -0.4 is 5.32 Å². The van der Waals surface area contributed by atoms with Gasteiger partial charge in [0.15, 0.2) is 6.67 Å². The molecule has 0 bridgehead atoms. The highest BCUT2D eigenvalue weighted by molar-refractivity contribution is 5.76. The van der Waals surface area contributed by atoms with E-state index in [1.165, 1.54) is 0 Å². The van der Waals surface area contributed by atoms with Crippen molar-refractivity contribution in [2.24, 2.45) is 5.41 Å². The average Bonchev–Trinajstić information content (AvgIpc) is 1.81. The summed E-state index contributed by atoms with van der Waals surface area (Å²) in [5.41, 5.74) is 0.0326. The predicted octanol–water partition coefficient (Wildman–Crippen LogP) is 1.12. The predicted molar refractivity (Wildman–Crippen MR) is 38.4 cm³/mol. The van der Waals surface area contributed by atoms with Crippen molar-refractivity contribution in [3.8, 4) is 0 Å². The highest BCUT2D eigenvalue weighted by Gasteiger charge is 2.10. The van der Waals surface area contributed by atoms with Crippen molar-refractivity contribution >= 4 is 5.91 Å². The summed E-state index contributed by atoms with van der Waals surface area (Å²) < 4.78 is 11.5. The number of halogens is 1. The second-order valence-electron chi connectivity index (χ2n) is 3.47. The van der Waals surface area contributed by atoms with Crippen LogP contribution in [0, 0.1) is 5.41 Å². The van der Waals surface area contributed by atoms with Crippen molar-refractivity contribution in [3.63, 3.8) is 0 Å². The minimum Gasteiger partial charge on any atom is -0.353 e. The van der Waals surface area contributed by atoms with Gasteiger partial charge < -0.3 is 5.32 Å². The van der Waals surface area contributed by atoms with Gasteiger partial charge in [0.1, 0.15) is 0 Å². The van der Waals surface area contributed by atoms with Gasteiger partial charge in [-0.1, -0.05) is 20.8 Å². The molecule has 0 aliphatic rings. The molecule has 0 spiro atoms. The Hall–Kier alpha value is -0.600. The maximum absolute atomic E-state index is 11.5. The Morgan fingerprint density at radius 2 is 2.00 bits per heavy atom. The highest BCUT2D eigenvalue weighted by Crippen LogP contribution is 2.09. The fourth-order valence-corrected chi connectivity index (χ4v) is 0.411. The van der Waals surface area contributed by atoms with Crippen LogP contribution in [0.5, 0.6) is 0 Å². The number of amides is 1. The highest BCUT2D eigenvalue weighted by atomic mass is 19.1. The summed E-state index contributed by atoms with van der Waals surface area (Å²) in [6.45, 7) is 5.54. The van der Waals surface area contributed by atoms with Crippen molar-refractivity contribution in [2.45, 2.75) is 20.8 Å². The van der Waals surface area contributed by atoms with Crippen molar-refractivity contribution in [2.75, 3.05) is 13.2 Å². The number of hydrogen-bond donors (Lipinski definition) is 1. The lowest BCUT2D eigenvalue weighted by molar-refractivity contribution is -0.122. The van der Waals surface area contributed by atoms with Crippen LogP contribution in [0.3, 0.4) is 0 Å². The van der Waals surface area contributed by atoms with Crippen molar-refractivity contribution in [3.05, 3.63) is 0 Å². The lowest BCUT2D eigenvalue weighted by atomic mass is 9.97. The Kier molecular flexibility index (Phi) is 3.33. The number of hydrogen-bond acceptors (Lipinski definition) is 1. The van der Waals surface area contributed by atoms with Gasteiger partial charge in [-0.05, 0) is 5.41 Å².